The first-order chi connectivity index (χ1) is 10.5. The molecule has 3 heterocycles. The third-order valence-corrected chi connectivity index (χ3v) is 3.16. The molecule has 0 bridgehead atoms. The third kappa shape index (κ3) is 2.60. The molecule has 0 aliphatic carbocycles. The number of fused-ring (bicyclic) bond motifs is 1. The Morgan fingerprint density at radius 1 is 1.41 bits per heavy atom. The highest BCUT2D eigenvalue weighted by molar-refractivity contribution is 5.80. The second kappa shape index (κ2) is 5.44. The van der Waals surface area contributed by atoms with Gasteiger partial charge in [-0.25, -0.2) is 15.0 Å². The summed E-state index contributed by atoms with van der Waals surface area (Å²) in [4.78, 5) is 28.0. The lowest BCUT2D eigenvalue weighted by Crippen LogP contribution is -2.22. The molecule has 3 aromatic heterocycles. The molecule has 0 unspecified atom stereocenters. The zero-order chi connectivity index (χ0) is 15.7. The number of hydrogen-bond acceptors (Lipinski definition) is 5. The first kappa shape index (κ1) is 14.0. The number of aromatic amines is 1. The summed E-state index contributed by atoms with van der Waals surface area (Å²) < 4.78 is 1.50. The predicted octanol–water partition coefficient (Wildman–Crippen LogP) is 1.57. The van der Waals surface area contributed by atoms with Gasteiger partial charge < -0.3 is 15.3 Å². The molecule has 0 saturated carbocycles. The molecule has 0 amide bonds. The van der Waals surface area contributed by atoms with Crippen LogP contribution in [0.2, 0.25) is 0 Å². The van der Waals surface area contributed by atoms with Crippen molar-refractivity contribution in [2.45, 2.75) is 20.4 Å². The van der Waals surface area contributed by atoms with Crippen LogP contribution in [-0.2, 0) is 6.54 Å². The van der Waals surface area contributed by atoms with Crippen LogP contribution in [0, 0.1) is 0 Å². The van der Waals surface area contributed by atoms with Gasteiger partial charge in [0.25, 0.3) is 5.56 Å². The fraction of sp³-hybridized carbons (Fsp3) is 0.200. The molecule has 0 saturated heterocycles. The summed E-state index contributed by atoms with van der Waals surface area (Å²) in [5.74, 6) is 0.631. The standard InChI is InChI=1S/C15H16N6O/c1-9(2)6-11-13-14(18-8-17-11)20-12(19-13)7-21-5-3-4-10(16)15(21)22/h3-6,8H,7,16H2,1-2H3,(H,17,18,19,20). The van der Waals surface area contributed by atoms with Crippen molar-refractivity contribution in [2.75, 3.05) is 5.73 Å². The summed E-state index contributed by atoms with van der Waals surface area (Å²) in [5, 5.41) is 0. The topological polar surface area (TPSA) is 102 Å². The van der Waals surface area contributed by atoms with Gasteiger partial charge in [-0.15, -0.1) is 0 Å². The number of H-pyrrole nitrogens is 1. The number of nitrogen functional groups attached to an aromatic ring is 1. The number of pyridine rings is 1. The van der Waals surface area contributed by atoms with Gasteiger partial charge in [-0.1, -0.05) is 5.57 Å². The molecule has 0 spiro atoms. The maximum atomic E-state index is 12.0. The summed E-state index contributed by atoms with van der Waals surface area (Å²) in [5.41, 5.74) is 8.83. The van der Waals surface area contributed by atoms with Crippen molar-refractivity contribution < 1.29 is 0 Å². The van der Waals surface area contributed by atoms with Gasteiger partial charge in [-0.05, 0) is 32.1 Å². The lowest BCUT2D eigenvalue weighted by molar-refractivity contribution is 0.728. The number of rotatable bonds is 3. The van der Waals surface area contributed by atoms with E-state index in [1.165, 1.54) is 10.9 Å². The van der Waals surface area contributed by atoms with Crippen molar-refractivity contribution >= 4 is 22.9 Å². The number of nitrogens with one attached hydrogen (secondary N) is 1. The number of imidazole rings is 1. The van der Waals surface area contributed by atoms with Crippen LogP contribution >= 0.6 is 0 Å². The van der Waals surface area contributed by atoms with Gasteiger partial charge in [0, 0.05) is 6.20 Å². The average Bonchev–Trinajstić information content (AvgIpc) is 2.87. The van der Waals surface area contributed by atoms with Crippen molar-refractivity contribution in [1.29, 1.82) is 0 Å². The summed E-state index contributed by atoms with van der Waals surface area (Å²) >= 11 is 0. The van der Waals surface area contributed by atoms with Crippen LogP contribution in [-0.4, -0.2) is 24.5 Å². The van der Waals surface area contributed by atoms with Gasteiger partial charge in [0.15, 0.2) is 5.65 Å². The van der Waals surface area contributed by atoms with E-state index in [0.29, 0.717) is 23.5 Å². The zero-order valence-corrected chi connectivity index (χ0v) is 12.4. The Morgan fingerprint density at radius 2 is 2.23 bits per heavy atom. The van der Waals surface area contributed by atoms with Gasteiger partial charge in [-0.3, -0.25) is 4.79 Å². The molecule has 0 aromatic carbocycles. The summed E-state index contributed by atoms with van der Waals surface area (Å²) in [7, 11) is 0. The number of allylic oxidation sites excluding steroid dienone is 1. The SMILES string of the molecule is CC(C)=Cc1ncnc2[nH]c(Cn3cccc(N)c3=O)nc12. The largest absolute Gasteiger partial charge is 0.394 e. The van der Waals surface area contributed by atoms with Crippen LogP contribution in [0.4, 0.5) is 5.69 Å². The summed E-state index contributed by atoms with van der Waals surface area (Å²) in [6, 6.07) is 3.31. The van der Waals surface area contributed by atoms with Gasteiger partial charge in [-0.2, -0.15) is 0 Å². The average molecular weight is 296 g/mol. The van der Waals surface area contributed by atoms with Crippen LogP contribution in [0.3, 0.4) is 0 Å². The van der Waals surface area contributed by atoms with Crippen molar-refractivity contribution in [3.63, 3.8) is 0 Å². The van der Waals surface area contributed by atoms with Crippen molar-refractivity contribution in [2.24, 2.45) is 0 Å². The molecule has 0 radical (unpaired) electrons. The summed E-state index contributed by atoms with van der Waals surface area (Å²) in [6.45, 7) is 4.29. The fourth-order valence-corrected chi connectivity index (χ4v) is 2.19. The Balaban J connectivity index is 2.04. The highest BCUT2D eigenvalue weighted by Crippen LogP contribution is 2.15. The lowest BCUT2D eigenvalue weighted by atomic mass is 10.2. The molecule has 7 nitrogen and oxygen atoms in total. The molecule has 7 heteroatoms. The van der Waals surface area contributed by atoms with Crippen LogP contribution in [0.5, 0.6) is 0 Å². The van der Waals surface area contributed by atoms with Crippen LogP contribution in [0.25, 0.3) is 17.2 Å². The first-order valence-electron chi connectivity index (χ1n) is 6.84. The van der Waals surface area contributed by atoms with Crippen LogP contribution < -0.4 is 11.3 Å². The Bertz CT molecular complexity index is 917. The smallest absolute Gasteiger partial charge is 0.274 e. The van der Waals surface area contributed by atoms with E-state index in [-0.39, 0.29) is 11.2 Å². The van der Waals surface area contributed by atoms with E-state index in [2.05, 4.69) is 19.9 Å². The fourth-order valence-electron chi connectivity index (χ4n) is 2.19. The first-order valence-corrected chi connectivity index (χ1v) is 6.84. The number of hydrogen-bond donors (Lipinski definition) is 2. The maximum absolute atomic E-state index is 12.0. The van der Waals surface area contributed by atoms with E-state index in [1.807, 2.05) is 19.9 Å². The molecule has 0 fully saturated rings. The predicted molar refractivity (Wildman–Crippen MR) is 85.2 cm³/mol. The maximum Gasteiger partial charge on any atom is 0.274 e. The van der Waals surface area contributed by atoms with Crippen LogP contribution in [0.1, 0.15) is 25.4 Å². The van der Waals surface area contributed by atoms with E-state index in [9.17, 15) is 4.79 Å². The minimum Gasteiger partial charge on any atom is -0.394 e. The molecule has 3 aromatic rings. The monoisotopic (exact) mass is 296 g/mol. The highest BCUT2D eigenvalue weighted by atomic mass is 16.1. The van der Waals surface area contributed by atoms with Crippen molar-refractivity contribution in [3.05, 3.63) is 52.1 Å². The second-order valence-electron chi connectivity index (χ2n) is 5.26. The molecule has 0 aliphatic rings. The van der Waals surface area contributed by atoms with Gasteiger partial charge in [0.1, 0.15) is 17.7 Å². The quantitative estimate of drug-likeness (QED) is 0.763. The van der Waals surface area contributed by atoms with E-state index < -0.39 is 0 Å². The van der Waals surface area contributed by atoms with E-state index in [4.69, 9.17) is 5.73 Å². The normalized spacial score (nSPS) is 10.8. The molecular formula is C15H16N6O. The van der Waals surface area contributed by atoms with Crippen molar-refractivity contribution in [1.82, 2.24) is 24.5 Å². The zero-order valence-electron chi connectivity index (χ0n) is 12.4. The third-order valence-electron chi connectivity index (χ3n) is 3.16. The second-order valence-corrected chi connectivity index (χ2v) is 5.26. The number of aromatic nitrogens is 5. The lowest BCUT2D eigenvalue weighted by Gasteiger charge is -2.03. The van der Waals surface area contributed by atoms with Gasteiger partial charge in [0.2, 0.25) is 0 Å². The van der Waals surface area contributed by atoms with Crippen molar-refractivity contribution in [3.8, 4) is 0 Å². The van der Waals surface area contributed by atoms with Crippen LogP contribution in [0.15, 0.2) is 35.0 Å². The molecule has 0 atom stereocenters. The van der Waals surface area contributed by atoms with E-state index in [1.54, 1.807) is 18.3 Å². The molecule has 0 aliphatic heterocycles. The Morgan fingerprint density at radius 3 is 3.00 bits per heavy atom. The summed E-state index contributed by atoms with van der Waals surface area (Å²) in [6.07, 6.45) is 5.11. The molecule has 3 N–H and O–H groups in total. The van der Waals surface area contributed by atoms with E-state index >= 15 is 0 Å². The number of anilines is 1. The molecule has 3 rings (SSSR count). The minimum atomic E-state index is -0.237. The van der Waals surface area contributed by atoms with Gasteiger partial charge >= 0.3 is 0 Å². The van der Waals surface area contributed by atoms with Gasteiger partial charge in [0.05, 0.1) is 17.9 Å². The molecule has 112 valence electrons. The molecule has 22 heavy (non-hydrogen) atoms. The Kier molecular flexibility index (Phi) is 3.46. The minimum absolute atomic E-state index is 0.212. The Hall–Kier alpha value is -2.96. The number of nitrogens with zero attached hydrogens (tertiary/aromatic N) is 4. The molecular weight excluding hydrogens is 280 g/mol. The number of nitrogens with two attached hydrogens (primary N) is 1. The Labute approximate surface area is 126 Å². The van der Waals surface area contributed by atoms with E-state index in [0.717, 1.165) is 11.3 Å². The highest BCUT2D eigenvalue weighted by Gasteiger charge is 2.09.